The highest BCUT2D eigenvalue weighted by atomic mass is 15.3. The van der Waals surface area contributed by atoms with Gasteiger partial charge in [-0.25, -0.2) is 0 Å². The summed E-state index contributed by atoms with van der Waals surface area (Å²) >= 11 is 0. The van der Waals surface area contributed by atoms with E-state index >= 15 is 0 Å². The Balaban J connectivity index is 2.02. The second kappa shape index (κ2) is 4.21. The molecule has 0 saturated carbocycles. The van der Waals surface area contributed by atoms with Gasteiger partial charge in [-0.1, -0.05) is 54.6 Å². The monoisotopic (exact) mass is 281 g/mol. The molecule has 1 aromatic heterocycles. The molecule has 0 fully saturated rings. The number of hydrogen-bond acceptors (Lipinski definition) is 3. The van der Waals surface area contributed by atoms with Crippen LogP contribution in [-0.4, -0.2) is 15.4 Å². The summed E-state index contributed by atoms with van der Waals surface area (Å²) in [5.74, 6) is 0. The Morgan fingerprint density at radius 3 is 2.14 bits per heavy atom. The van der Waals surface area contributed by atoms with E-state index in [4.69, 9.17) is 0 Å². The first-order valence-corrected chi connectivity index (χ1v) is 7.23. The Morgan fingerprint density at radius 2 is 1.36 bits per heavy atom. The maximum absolute atomic E-state index is 4.17. The van der Waals surface area contributed by atoms with Crippen LogP contribution in [0.2, 0.25) is 0 Å². The highest BCUT2D eigenvalue weighted by Gasteiger charge is 2.12. The zero-order chi connectivity index (χ0) is 14.5. The van der Waals surface area contributed by atoms with Crippen molar-refractivity contribution in [2.45, 2.75) is 0 Å². The Labute approximate surface area is 126 Å². The summed E-state index contributed by atoms with van der Waals surface area (Å²) in [6.45, 7) is 0. The molecule has 5 aromatic rings. The third-order valence-corrected chi connectivity index (χ3v) is 4.31. The first kappa shape index (κ1) is 11.6. The fourth-order valence-corrected chi connectivity index (χ4v) is 3.34. The molecular weight excluding hydrogens is 270 g/mol. The lowest BCUT2D eigenvalue weighted by Crippen LogP contribution is -1.91. The predicted molar refractivity (Wildman–Crippen MR) is 89.0 cm³/mol. The van der Waals surface area contributed by atoms with E-state index in [9.17, 15) is 0 Å². The van der Waals surface area contributed by atoms with Crippen molar-refractivity contribution in [1.29, 1.82) is 0 Å². The zero-order valence-electron chi connectivity index (χ0n) is 11.7. The third kappa shape index (κ3) is 1.48. The molecule has 0 spiro atoms. The van der Waals surface area contributed by atoms with Crippen LogP contribution >= 0.6 is 0 Å². The van der Waals surface area contributed by atoms with Crippen molar-refractivity contribution >= 4 is 32.3 Å². The van der Waals surface area contributed by atoms with E-state index < -0.39 is 0 Å². The first-order valence-electron chi connectivity index (χ1n) is 7.23. The van der Waals surface area contributed by atoms with E-state index in [1.807, 2.05) is 6.07 Å². The van der Waals surface area contributed by atoms with Crippen LogP contribution in [-0.2, 0) is 0 Å². The van der Waals surface area contributed by atoms with Gasteiger partial charge in [0, 0.05) is 5.56 Å². The Bertz CT molecular complexity index is 1100. The Kier molecular flexibility index (Phi) is 2.22. The molecule has 3 heteroatoms. The van der Waals surface area contributed by atoms with Gasteiger partial charge >= 0.3 is 0 Å². The second-order valence-electron chi connectivity index (χ2n) is 5.48. The van der Waals surface area contributed by atoms with Crippen molar-refractivity contribution in [3.05, 3.63) is 66.9 Å². The topological polar surface area (TPSA) is 38.7 Å². The number of rotatable bonds is 1. The quantitative estimate of drug-likeness (QED) is 0.426. The molecule has 0 atom stereocenters. The van der Waals surface area contributed by atoms with Gasteiger partial charge in [0.1, 0.15) is 0 Å². The van der Waals surface area contributed by atoms with Gasteiger partial charge in [0.2, 0.25) is 0 Å². The van der Waals surface area contributed by atoms with E-state index in [1.54, 1.807) is 6.20 Å². The molecule has 0 N–H and O–H groups in total. The van der Waals surface area contributed by atoms with E-state index in [2.05, 4.69) is 70.0 Å². The lowest BCUT2D eigenvalue weighted by molar-refractivity contribution is 0.871. The molecule has 0 saturated heterocycles. The minimum Gasteiger partial charge on any atom is -0.139 e. The average molecular weight is 281 g/mol. The molecule has 4 aromatic carbocycles. The van der Waals surface area contributed by atoms with Crippen LogP contribution in [0.1, 0.15) is 0 Å². The summed E-state index contributed by atoms with van der Waals surface area (Å²) < 4.78 is 0. The fourth-order valence-electron chi connectivity index (χ4n) is 3.34. The summed E-state index contributed by atoms with van der Waals surface area (Å²) in [4.78, 5) is 0. The van der Waals surface area contributed by atoms with Crippen LogP contribution < -0.4 is 0 Å². The average Bonchev–Trinajstić information content (AvgIpc) is 2.60. The van der Waals surface area contributed by atoms with Gasteiger partial charge in [0.25, 0.3) is 0 Å². The minimum atomic E-state index is 0.855. The lowest BCUT2D eigenvalue weighted by Gasteiger charge is -2.13. The molecule has 0 bridgehead atoms. The third-order valence-electron chi connectivity index (χ3n) is 4.31. The highest BCUT2D eigenvalue weighted by molar-refractivity contribution is 6.25. The molecule has 22 heavy (non-hydrogen) atoms. The molecular formula is C19H11N3. The van der Waals surface area contributed by atoms with Gasteiger partial charge in [-0.05, 0) is 43.6 Å². The van der Waals surface area contributed by atoms with E-state index in [1.165, 1.54) is 32.3 Å². The molecule has 3 nitrogen and oxygen atoms in total. The van der Waals surface area contributed by atoms with Crippen LogP contribution in [0.5, 0.6) is 0 Å². The second-order valence-corrected chi connectivity index (χ2v) is 5.48. The van der Waals surface area contributed by atoms with Gasteiger partial charge in [-0.3, -0.25) is 0 Å². The van der Waals surface area contributed by atoms with Crippen molar-refractivity contribution in [3.8, 4) is 11.3 Å². The van der Waals surface area contributed by atoms with Gasteiger partial charge in [0.15, 0.2) is 0 Å². The molecule has 0 aliphatic rings. The van der Waals surface area contributed by atoms with Crippen LogP contribution in [0.15, 0.2) is 66.9 Å². The summed E-state index contributed by atoms with van der Waals surface area (Å²) in [6.07, 6.45) is 1.68. The molecule has 102 valence electrons. The van der Waals surface area contributed by atoms with Crippen LogP contribution in [0, 0.1) is 0 Å². The fraction of sp³-hybridized carbons (Fsp3) is 0. The maximum atomic E-state index is 4.17. The molecule has 0 amide bonds. The summed E-state index contributed by atoms with van der Waals surface area (Å²) in [6, 6.07) is 21.4. The number of benzene rings is 4. The molecule has 0 unspecified atom stereocenters. The normalized spacial score (nSPS) is 11.6. The smallest absolute Gasteiger partial charge is 0.0969 e. The van der Waals surface area contributed by atoms with Crippen molar-refractivity contribution in [3.63, 3.8) is 0 Å². The zero-order valence-corrected chi connectivity index (χ0v) is 11.7. The van der Waals surface area contributed by atoms with Crippen LogP contribution in [0.3, 0.4) is 0 Å². The first-order chi connectivity index (χ1) is 10.9. The lowest BCUT2D eigenvalue weighted by atomic mass is 9.91. The summed E-state index contributed by atoms with van der Waals surface area (Å²) in [5, 5.41) is 19.3. The standard InChI is InChI=1S/C19H11N3/c1-2-12-4-5-14-6-8-15(17-10-11-20-22-21-17)16-9-7-13(3-1)18(12)19(14)16/h1-11H. The number of hydrogen-bond donors (Lipinski definition) is 0. The Morgan fingerprint density at radius 1 is 0.636 bits per heavy atom. The van der Waals surface area contributed by atoms with Crippen molar-refractivity contribution in [1.82, 2.24) is 15.4 Å². The van der Waals surface area contributed by atoms with Crippen LogP contribution in [0.4, 0.5) is 0 Å². The number of aromatic nitrogens is 3. The maximum Gasteiger partial charge on any atom is 0.0969 e. The molecule has 0 aliphatic heterocycles. The van der Waals surface area contributed by atoms with Crippen LogP contribution in [0.25, 0.3) is 43.6 Å². The number of nitrogens with zero attached hydrogens (tertiary/aromatic N) is 3. The Hall–Kier alpha value is -3.07. The molecule has 1 heterocycles. The SMILES string of the molecule is c1cc2ccc3ccc(-c4ccnnn4)c4ccc(c1)c2c34. The van der Waals surface area contributed by atoms with Crippen molar-refractivity contribution < 1.29 is 0 Å². The van der Waals surface area contributed by atoms with Gasteiger partial charge in [-0.15, -0.1) is 10.2 Å². The van der Waals surface area contributed by atoms with E-state index in [0.717, 1.165) is 11.3 Å². The van der Waals surface area contributed by atoms with Crippen molar-refractivity contribution in [2.75, 3.05) is 0 Å². The molecule has 0 radical (unpaired) electrons. The van der Waals surface area contributed by atoms with Gasteiger partial charge in [0.05, 0.1) is 11.9 Å². The summed E-state index contributed by atoms with van der Waals surface area (Å²) in [5.41, 5.74) is 1.95. The van der Waals surface area contributed by atoms with E-state index in [0.29, 0.717) is 0 Å². The minimum absolute atomic E-state index is 0.855. The molecule has 5 rings (SSSR count). The predicted octanol–water partition coefficient (Wildman–Crippen LogP) is 4.44. The highest BCUT2D eigenvalue weighted by Crippen LogP contribution is 2.38. The molecule has 0 aliphatic carbocycles. The van der Waals surface area contributed by atoms with Gasteiger partial charge < -0.3 is 0 Å². The van der Waals surface area contributed by atoms with E-state index in [-0.39, 0.29) is 0 Å². The summed E-state index contributed by atoms with van der Waals surface area (Å²) in [7, 11) is 0. The van der Waals surface area contributed by atoms with Crippen molar-refractivity contribution in [2.24, 2.45) is 0 Å². The van der Waals surface area contributed by atoms with Gasteiger partial charge in [-0.2, -0.15) is 0 Å². The largest absolute Gasteiger partial charge is 0.139 e.